The SMILES string of the molecule is COC(=O)NC1CCC(=O)[N+]2(OC(=O)c3c(Cl)cccc3Cl)CCCC(C(=O)NC(C=O)CC(=O)O)N2C1=O. The highest BCUT2D eigenvalue weighted by Crippen LogP contribution is 2.35. The number of carbonyl (C=O) groups excluding carboxylic acids is 6. The maximum Gasteiger partial charge on any atom is 0.407 e. The van der Waals surface area contributed by atoms with Gasteiger partial charge in [0.15, 0.2) is 12.6 Å². The molecule has 210 valence electrons. The summed E-state index contributed by atoms with van der Waals surface area (Å²) in [5.41, 5.74) is -0.281. The number of fused-ring (bicyclic) bond motifs is 1. The number of amides is 4. The summed E-state index contributed by atoms with van der Waals surface area (Å²) >= 11 is 12.3. The molecule has 4 unspecified atom stereocenters. The molecule has 2 saturated heterocycles. The number of aldehydes is 1. The zero-order chi connectivity index (χ0) is 28.9. The van der Waals surface area contributed by atoms with Crippen LogP contribution in [0.3, 0.4) is 0 Å². The fraction of sp³-hybridized carbons (Fsp3) is 0.435. The zero-order valence-corrected chi connectivity index (χ0v) is 22.1. The summed E-state index contributed by atoms with van der Waals surface area (Å²) in [6.45, 7) is -0.251. The monoisotopic (exact) mass is 587 g/mol. The van der Waals surface area contributed by atoms with Gasteiger partial charge in [-0.2, -0.15) is 0 Å². The fourth-order valence-corrected chi connectivity index (χ4v) is 4.98. The molecule has 1 aromatic carbocycles. The van der Waals surface area contributed by atoms with E-state index in [1.54, 1.807) is 0 Å². The predicted molar refractivity (Wildman–Crippen MR) is 131 cm³/mol. The average molecular weight is 588 g/mol. The third-order valence-electron chi connectivity index (χ3n) is 6.21. The molecule has 2 aliphatic heterocycles. The largest absolute Gasteiger partial charge is 0.481 e. The number of nitrogens with zero attached hydrogens (tertiary/aromatic N) is 2. The highest BCUT2D eigenvalue weighted by atomic mass is 35.5. The first-order valence-electron chi connectivity index (χ1n) is 11.7. The maximum atomic E-state index is 13.8. The number of ether oxygens (including phenoxy) is 1. The van der Waals surface area contributed by atoms with Gasteiger partial charge < -0.3 is 25.3 Å². The van der Waals surface area contributed by atoms with E-state index in [1.165, 1.54) is 18.2 Å². The van der Waals surface area contributed by atoms with Crippen LogP contribution in [0.15, 0.2) is 18.2 Å². The number of hydroxylamine groups is 2. The quantitative estimate of drug-likeness (QED) is 0.292. The molecule has 0 saturated carbocycles. The molecule has 3 N–H and O–H groups in total. The fourth-order valence-electron chi connectivity index (χ4n) is 4.43. The number of carboxylic acid groups (broad SMARTS) is 1. The second kappa shape index (κ2) is 12.4. The van der Waals surface area contributed by atoms with Gasteiger partial charge in [0, 0.05) is 11.2 Å². The highest BCUT2D eigenvalue weighted by molar-refractivity contribution is 6.39. The molecule has 16 heteroatoms. The molecule has 4 atom stereocenters. The van der Waals surface area contributed by atoms with Crippen molar-refractivity contribution < 1.29 is 53.0 Å². The standard InChI is InChI=1S/C23H24Cl2N4O10/c1-38-23(37)27-15-7-8-17(31)29(39-22(36)19-13(24)4-2-5-14(19)25)9-3-6-16(28(29)21(15)35)20(34)26-12(11-30)10-18(32)33/h2,4-5,11-12,15-16H,3,6-10H2,1H3,(H2-,26,27,32,33,34,37)/p+1. The number of alkyl carbamates (subject to hydrolysis) is 1. The number of methoxy groups -OCH3 is 1. The van der Waals surface area contributed by atoms with E-state index >= 15 is 0 Å². The molecule has 2 fully saturated rings. The van der Waals surface area contributed by atoms with Gasteiger partial charge in [0.1, 0.15) is 17.9 Å². The minimum atomic E-state index is -1.50. The lowest BCUT2D eigenvalue weighted by molar-refractivity contribution is -1.11. The highest BCUT2D eigenvalue weighted by Gasteiger charge is 2.61. The molecule has 3 rings (SSSR count). The van der Waals surface area contributed by atoms with Crippen LogP contribution in [0.2, 0.25) is 10.0 Å². The van der Waals surface area contributed by atoms with Crippen molar-refractivity contribution in [2.45, 2.75) is 50.2 Å². The van der Waals surface area contributed by atoms with Crippen molar-refractivity contribution in [3.8, 4) is 0 Å². The van der Waals surface area contributed by atoms with E-state index in [-0.39, 0.29) is 54.1 Å². The van der Waals surface area contributed by atoms with Gasteiger partial charge in [-0.1, -0.05) is 29.3 Å². The molecule has 2 aliphatic rings. The Hall–Kier alpha value is -3.75. The van der Waals surface area contributed by atoms with Crippen LogP contribution in [0.4, 0.5) is 4.79 Å². The first kappa shape index (κ1) is 29.8. The van der Waals surface area contributed by atoms with Gasteiger partial charge in [0.25, 0.3) is 5.91 Å². The number of nitrogens with one attached hydrogen (secondary N) is 2. The minimum Gasteiger partial charge on any atom is -0.481 e. The molecule has 0 aromatic heterocycles. The number of aliphatic carboxylic acids is 1. The molecule has 14 nitrogen and oxygen atoms in total. The Morgan fingerprint density at radius 1 is 1.21 bits per heavy atom. The van der Waals surface area contributed by atoms with Crippen molar-refractivity contribution in [2.75, 3.05) is 13.7 Å². The number of carbonyl (C=O) groups is 7. The molecule has 0 aliphatic carbocycles. The van der Waals surface area contributed by atoms with Crippen molar-refractivity contribution >= 4 is 65.2 Å². The number of carboxylic acids is 1. The molecule has 4 amide bonds. The summed E-state index contributed by atoms with van der Waals surface area (Å²) in [6.07, 6.45) is -2.02. The lowest BCUT2D eigenvalue weighted by atomic mass is 10.0. The number of halogens is 2. The number of hydrogen-bond donors (Lipinski definition) is 3. The van der Waals surface area contributed by atoms with E-state index in [9.17, 15) is 33.6 Å². The Morgan fingerprint density at radius 2 is 1.87 bits per heavy atom. The maximum absolute atomic E-state index is 13.8. The van der Waals surface area contributed by atoms with Gasteiger partial charge in [-0.15, -0.1) is 5.01 Å². The van der Waals surface area contributed by atoms with Crippen LogP contribution >= 0.6 is 23.2 Å². The Morgan fingerprint density at radius 3 is 2.46 bits per heavy atom. The molecular weight excluding hydrogens is 563 g/mol. The van der Waals surface area contributed by atoms with Crippen LogP contribution in [0.1, 0.15) is 42.5 Å². The van der Waals surface area contributed by atoms with Crippen molar-refractivity contribution in [1.29, 1.82) is 0 Å². The first-order chi connectivity index (χ1) is 18.4. The van der Waals surface area contributed by atoms with E-state index in [0.717, 1.165) is 12.1 Å². The summed E-state index contributed by atoms with van der Waals surface area (Å²) in [4.78, 5) is 94.0. The second-order valence-electron chi connectivity index (χ2n) is 8.71. The Labute approximate surface area is 231 Å². The lowest BCUT2D eigenvalue weighted by Gasteiger charge is -2.45. The Kier molecular flexibility index (Phi) is 9.48. The summed E-state index contributed by atoms with van der Waals surface area (Å²) in [5, 5.41) is 14.1. The van der Waals surface area contributed by atoms with E-state index in [0.29, 0.717) is 0 Å². The molecule has 0 spiro atoms. The molecule has 2 heterocycles. The summed E-state index contributed by atoms with van der Waals surface area (Å²) in [5.74, 6) is -5.24. The van der Waals surface area contributed by atoms with Crippen LogP contribution in [0.25, 0.3) is 0 Å². The van der Waals surface area contributed by atoms with E-state index in [4.69, 9.17) is 33.1 Å². The molecule has 0 radical (unpaired) electrons. The van der Waals surface area contributed by atoms with E-state index < -0.39 is 65.1 Å². The van der Waals surface area contributed by atoms with Crippen LogP contribution in [0.5, 0.6) is 0 Å². The van der Waals surface area contributed by atoms with Crippen molar-refractivity contribution in [3.63, 3.8) is 0 Å². The van der Waals surface area contributed by atoms with Gasteiger partial charge in [0.2, 0.25) is 5.91 Å². The van der Waals surface area contributed by atoms with E-state index in [2.05, 4.69) is 15.4 Å². The number of hydrogen-bond acceptors (Lipinski definition) is 9. The van der Waals surface area contributed by atoms with Crippen LogP contribution in [-0.2, 0) is 33.5 Å². The number of rotatable bonds is 8. The zero-order valence-electron chi connectivity index (χ0n) is 20.6. The summed E-state index contributed by atoms with van der Waals surface area (Å²) in [6, 6.07) is -0.0834. The third-order valence-corrected chi connectivity index (χ3v) is 6.84. The predicted octanol–water partition coefficient (Wildman–Crippen LogP) is 0.991. The molecule has 0 bridgehead atoms. The van der Waals surface area contributed by atoms with Crippen molar-refractivity contribution in [1.82, 2.24) is 15.6 Å². The van der Waals surface area contributed by atoms with Crippen LogP contribution < -0.4 is 10.6 Å². The summed E-state index contributed by atoms with van der Waals surface area (Å²) < 4.78 is 3.18. The van der Waals surface area contributed by atoms with Gasteiger partial charge in [-0.05, 0) is 25.0 Å². The molecule has 1 aromatic rings. The molecule has 39 heavy (non-hydrogen) atoms. The van der Waals surface area contributed by atoms with Crippen LogP contribution in [0, 0.1) is 0 Å². The normalized spacial score (nSPS) is 23.5. The van der Waals surface area contributed by atoms with Gasteiger partial charge in [0.05, 0.1) is 36.0 Å². The Bertz CT molecular complexity index is 1190. The minimum absolute atomic E-state index is 0.0428. The van der Waals surface area contributed by atoms with Gasteiger partial charge in [-0.3, -0.25) is 14.4 Å². The van der Waals surface area contributed by atoms with E-state index in [1.807, 2.05) is 0 Å². The average Bonchev–Trinajstić information content (AvgIpc) is 2.98. The van der Waals surface area contributed by atoms with Crippen molar-refractivity contribution in [2.24, 2.45) is 0 Å². The topological polar surface area (TPSA) is 185 Å². The van der Waals surface area contributed by atoms with Crippen molar-refractivity contribution in [3.05, 3.63) is 33.8 Å². The van der Waals surface area contributed by atoms with Gasteiger partial charge in [-0.25, -0.2) is 19.2 Å². The second-order valence-corrected chi connectivity index (χ2v) is 9.53. The number of quaternary nitrogens is 1. The summed E-state index contributed by atoms with van der Waals surface area (Å²) in [7, 11) is 1.07. The first-order valence-corrected chi connectivity index (χ1v) is 12.5. The van der Waals surface area contributed by atoms with Gasteiger partial charge >= 0.3 is 23.9 Å². The molecular formula is C23H25Cl2N4O10+. The smallest absolute Gasteiger partial charge is 0.407 e. The third kappa shape index (κ3) is 6.29. The Balaban J connectivity index is 2.08. The number of benzene rings is 1. The van der Waals surface area contributed by atoms with Crippen LogP contribution in [-0.4, -0.2) is 88.7 Å². The lowest BCUT2D eigenvalue weighted by Crippen LogP contribution is -2.74.